The van der Waals surface area contributed by atoms with E-state index in [1.807, 2.05) is 25.1 Å². The van der Waals surface area contributed by atoms with Crippen LogP contribution < -0.4 is 10.1 Å². The first kappa shape index (κ1) is 17.9. The minimum Gasteiger partial charge on any atom is -0.486 e. The Labute approximate surface area is 141 Å². The summed E-state index contributed by atoms with van der Waals surface area (Å²) < 4.78 is 19.2. The molecule has 0 bridgehead atoms. The Balaban J connectivity index is 1.82. The number of aliphatic hydroxyl groups is 1. The molecule has 2 N–H and O–H groups in total. The number of halogens is 1. The van der Waals surface area contributed by atoms with E-state index in [4.69, 9.17) is 4.74 Å². The van der Waals surface area contributed by atoms with Crippen molar-refractivity contribution in [3.8, 4) is 5.75 Å². The SMILES string of the molecule is CCC(CNC(=O)CC(O)c1ccccc1)Oc1ccccc1F. The van der Waals surface area contributed by atoms with E-state index < -0.39 is 11.9 Å². The number of amides is 1. The molecule has 2 aromatic rings. The van der Waals surface area contributed by atoms with Gasteiger partial charge in [0, 0.05) is 0 Å². The standard InChI is InChI=1S/C19H22FNO3/c1-2-15(24-18-11-7-6-10-16(18)20)13-21-19(23)12-17(22)14-8-4-3-5-9-14/h3-11,15,17,22H,2,12-13H2,1H3,(H,21,23). The average molecular weight is 331 g/mol. The van der Waals surface area contributed by atoms with Crippen molar-refractivity contribution in [2.45, 2.75) is 32.0 Å². The zero-order valence-electron chi connectivity index (χ0n) is 13.6. The molecule has 0 saturated carbocycles. The van der Waals surface area contributed by atoms with Crippen LogP contribution in [0.1, 0.15) is 31.4 Å². The lowest BCUT2D eigenvalue weighted by Gasteiger charge is -2.19. The zero-order valence-corrected chi connectivity index (χ0v) is 13.6. The molecule has 4 nitrogen and oxygen atoms in total. The molecule has 0 aliphatic carbocycles. The molecule has 1 amide bonds. The summed E-state index contributed by atoms with van der Waals surface area (Å²) in [5, 5.41) is 12.8. The molecule has 0 heterocycles. The molecule has 2 atom stereocenters. The molecule has 2 aromatic carbocycles. The number of carbonyl (C=O) groups is 1. The molecule has 24 heavy (non-hydrogen) atoms. The smallest absolute Gasteiger partial charge is 0.223 e. The fourth-order valence-electron chi connectivity index (χ4n) is 2.26. The lowest BCUT2D eigenvalue weighted by atomic mass is 10.1. The number of para-hydroxylation sites is 1. The summed E-state index contributed by atoms with van der Waals surface area (Å²) in [6.45, 7) is 2.15. The highest BCUT2D eigenvalue weighted by molar-refractivity contribution is 5.76. The van der Waals surface area contributed by atoms with Crippen molar-refractivity contribution >= 4 is 5.91 Å². The lowest BCUT2D eigenvalue weighted by Crippen LogP contribution is -2.35. The largest absolute Gasteiger partial charge is 0.486 e. The molecule has 5 heteroatoms. The second kappa shape index (κ2) is 9.03. The van der Waals surface area contributed by atoms with Gasteiger partial charge in [0.2, 0.25) is 5.91 Å². The van der Waals surface area contributed by atoms with Gasteiger partial charge in [-0.3, -0.25) is 4.79 Å². The van der Waals surface area contributed by atoms with E-state index in [0.29, 0.717) is 12.0 Å². The Morgan fingerprint density at radius 2 is 1.83 bits per heavy atom. The van der Waals surface area contributed by atoms with Gasteiger partial charge < -0.3 is 15.2 Å². The maximum atomic E-state index is 13.6. The molecule has 0 radical (unpaired) electrons. The van der Waals surface area contributed by atoms with Crippen LogP contribution in [0, 0.1) is 5.82 Å². The van der Waals surface area contributed by atoms with Gasteiger partial charge in [-0.1, -0.05) is 49.4 Å². The van der Waals surface area contributed by atoms with Gasteiger partial charge >= 0.3 is 0 Å². The highest BCUT2D eigenvalue weighted by Gasteiger charge is 2.15. The first-order valence-corrected chi connectivity index (χ1v) is 8.01. The molecule has 0 aliphatic heterocycles. The average Bonchev–Trinajstić information content (AvgIpc) is 2.60. The Bertz CT molecular complexity index is 648. The number of aliphatic hydroxyl groups excluding tert-OH is 1. The molecule has 0 aliphatic rings. The molecule has 0 fully saturated rings. The summed E-state index contributed by atoms with van der Waals surface area (Å²) in [4.78, 5) is 12.0. The van der Waals surface area contributed by atoms with E-state index in [-0.39, 0.29) is 30.7 Å². The molecule has 0 saturated heterocycles. The van der Waals surface area contributed by atoms with Gasteiger partial charge in [0.1, 0.15) is 6.10 Å². The quantitative estimate of drug-likeness (QED) is 0.781. The van der Waals surface area contributed by atoms with Gasteiger partial charge in [0.25, 0.3) is 0 Å². The number of carbonyl (C=O) groups excluding carboxylic acids is 1. The van der Waals surface area contributed by atoms with Gasteiger partial charge in [0.15, 0.2) is 11.6 Å². The maximum absolute atomic E-state index is 13.6. The minimum absolute atomic E-state index is 0.0276. The van der Waals surface area contributed by atoms with Crippen LogP contribution in [-0.2, 0) is 4.79 Å². The van der Waals surface area contributed by atoms with Gasteiger partial charge in [-0.2, -0.15) is 0 Å². The third-order valence-corrected chi connectivity index (χ3v) is 3.68. The Morgan fingerprint density at radius 1 is 1.17 bits per heavy atom. The molecule has 0 spiro atoms. The fourth-order valence-corrected chi connectivity index (χ4v) is 2.26. The normalized spacial score (nSPS) is 13.1. The Hall–Kier alpha value is -2.40. The highest BCUT2D eigenvalue weighted by atomic mass is 19.1. The molecule has 2 rings (SSSR count). The van der Waals surface area contributed by atoms with Gasteiger partial charge in [-0.15, -0.1) is 0 Å². The number of benzene rings is 2. The first-order chi connectivity index (χ1) is 11.6. The molecule has 2 unspecified atom stereocenters. The summed E-state index contributed by atoms with van der Waals surface area (Å²) in [6.07, 6.45) is -0.589. The van der Waals surface area contributed by atoms with Crippen LogP contribution in [0.15, 0.2) is 54.6 Å². The number of hydrogen-bond donors (Lipinski definition) is 2. The third kappa shape index (κ3) is 5.35. The summed E-state index contributed by atoms with van der Waals surface area (Å²) in [5.74, 6) is -0.536. The van der Waals surface area contributed by atoms with E-state index in [9.17, 15) is 14.3 Å². The lowest BCUT2D eigenvalue weighted by molar-refractivity contribution is -0.123. The zero-order chi connectivity index (χ0) is 17.4. The Morgan fingerprint density at radius 3 is 2.50 bits per heavy atom. The van der Waals surface area contributed by atoms with Crippen LogP contribution in [0.2, 0.25) is 0 Å². The van der Waals surface area contributed by atoms with Crippen LogP contribution in [0.4, 0.5) is 4.39 Å². The molecular weight excluding hydrogens is 309 g/mol. The van der Waals surface area contributed by atoms with Crippen molar-refractivity contribution in [3.05, 3.63) is 66.0 Å². The maximum Gasteiger partial charge on any atom is 0.223 e. The van der Waals surface area contributed by atoms with E-state index in [0.717, 1.165) is 0 Å². The van der Waals surface area contributed by atoms with Crippen molar-refractivity contribution in [3.63, 3.8) is 0 Å². The van der Waals surface area contributed by atoms with Crippen LogP contribution in [-0.4, -0.2) is 23.7 Å². The van der Waals surface area contributed by atoms with E-state index >= 15 is 0 Å². The van der Waals surface area contributed by atoms with Gasteiger partial charge in [-0.05, 0) is 24.1 Å². The monoisotopic (exact) mass is 331 g/mol. The van der Waals surface area contributed by atoms with Crippen LogP contribution in [0.25, 0.3) is 0 Å². The van der Waals surface area contributed by atoms with Crippen molar-refractivity contribution in [2.24, 2.45) is 0 Å². The van der Waals surface area contributed by atoms with Crippen LogP contribution in [0.3, 0.4) is 0 Å². The van der Waals surface area contributed by atoms with Crippen molar-refractivity contribution in [2.75, 3.05) is 6.54 Å². The predicted molar refractivity (Wildman–Crippen MR) is 90.1 cm³/mol. The summed E-state index contributed by atoms with van der Waals surface area (Å²) >= 11 is 0. The van der Waals surface area contributed by atoms with Crippen molar-refractivity contribution < 1.29 is 19.0 Å². The van der Waals surface area contributed by atoms with E-state index in [2.05, 4.69) is 5.32 Å². The van der Waals surface area contributed by atoms with Crippen molar-refractivity contribution in [1.29, 1.82) is 0 Å². The molecule has 0 aromatic heterocycles. The summed E-state index contributed by atoms with van der Waals surface area (Å²) in [5.41, 5.74) is 0.697. The van der Waals surface area contributed by atoms with Gasteiger partial charge in [0.05, 0.1) is 19.1 Å². The summed E-state index contributed by atoms with van der Waals surface area (Å²) in [6, 6.07) is 15.2. The molecular formula is C19H22FNO3. The predicted octanol–water partition coefficient (Wildman–Crippen LogP) is 3.22. The highest BCUT2D eigenvalue weighted by Crippen LogP contribution is 2.18. The number of rotatable bonds is 8. The summed E-state index contributed by atoms with van der Waals surface area (Å²) in [7, 11) is 0. The Kier molecular flexibility index (Phi) is 6.75. The minimum atomic E-state index is -0.848. The topological polar surface area (TPSA) is 58.6 Å². The second-order valence-electron chi connectivity index (χ2n) is 5.51. The fraction of sp³-hybridized carbons (Fsp3) is 0.316. The van der Waals surface area contributed by atoms with Crippen molar-refractivity contribution in [1.82, 2.24) is 5.32 Å². The van der Waals surface area contributed by atoms with Crippen LogP contribution >= 0.6 is 0 Å². The van der Waals surface area contributed by atoms with Gasteiger partial charge in [-0.25, -0.2) is 4.39 Å². The van der Waals surface area contributed by atoms with E-state index in [1.165, 1.54) is 6.07 Å². The first-order valence-electron chi connectivity index (χ1n) is 8.01. The number of nitrogens with one attached hydrogen (secondary N) is 1. The second-order valence-corrected chi connectivity index (χ2v) is 5.51. The molecule has 128 valence electrons. The van der Waals surface area contributed by atoms with Crippen LogP contribution in [0.5, 0.6) is 5.75 Å². The third-order valence-electron chi connectivity index (χ3n) is 3.68. The number of ether oxygens (including phenoxy) is 1. The van der Waals surface area contributed by atoms with E-state index in [1.54, 1.807) is 30.3 Å². The number of hydrogen-bond acceptors (Lipinski definition) is 3.